The maximum Gasteiger partial charge on any atom is 0.135 e. The molecule has 1 saturated carbocycles. The molecule has 122 valence electrons. The molecule has 24 heavy (non-hydrogen) atoms. The minimum Gasteiger partial charge on any atom is -0.456 e. The SMILES string of the molecule is Cc1cc2oc3ccccc3c2cc1N1[C]C2(C)CCC1(C)CC2. The highest BCUT2D eigenvalue weighted by Crippen LogP contribution is 2.54. The first kappa shape index (κ1) is 14.4. The summed E-state index contributed by atoms with van der Waals surface area (Å²) in [6.07, 6.45) is 5.02. The van der Waals surface area contributed by atoms with Crippen molar-refractivity contribution in [1.82, 2.24) is 0 Å². The van der Waals surface area contributed by atoms with Crippen LogP contribution in [0.4, 0.5) is 5.69 Å². The fraction of sp³-hybridized carbons (Fsp3) is 0.409. The maximum atomic E-state index is 6.04. The Kier molecular flexibility index (Phi) is 2.73. The number of anilines is 1. The van der Waals surface area contributed by atoms with Crippen LogP contribution >= 0.6 is 0 Å². The molecule has 0 atom stereocenters. The highest BCUT2D eigenvalue weighted by atomic mass is 16.3. The largest absolute Gasteiger partial charge is 0.456 e. The lowest BCUT2D eigenvalue weighted by atomic mass is 9.63. The van der Waals surface area contributed by atoms with Crippen LogP contribution in [-0.2, 0) is 0 Å². The maximum absolute atomic E-state index is 6.04. The smallest absolute Gasteiger partial charge is 0.135 e. The number of benzene rings is 2. The molecule has 3 heterocycles. The third kappa shape index (κ3) is 1.89. The van der Waals surface area contributed by atoms with Crippen LogP contribution in [0.5, 0.6) is 0 Å². The molecular formula is C22H23NO. The Morgan fingerprint density at radius 2 is 1.71 bits per heavy atom. The molecule has 2 nitrogen and oxygen atoms in total. The van der Waals surface area contributed by atoms with Gasteiger partial charge in [-0.3, -0.25) is 0 Å². The van der Waals surface area contributed by atoms with Crippen molar-refractivity contribution in [3.8, 4) is 0 Å². The lowest BCUT2D eigenvalue weighted by Crippen LogP contribution is -2.57. The lowest BCUT2D eigenvalue weighted by Gasteiger charge is -2.58. The van der Waals surface area contributed by atoms with Crippen LogP contribution in [0, 0.1) is 18.9 Å². The van der Waals surface area contributed by atoms with E-state index in [0.717, 1.165) is 11.2 Å². The third-order valence-electron chi connectivity index (χ3n) is 6.29. The van der Waals surface area contributed by atoms with Crippen molar-refractivity contribution in [1.29, 1.82) is 0 Å². The number of hydrogen-bond donors (Lipinski definition) is 0. The van der Waals surface area contributed by atoms with Crippen molar-refractivity contribution in [2.45, 2.75) is 52.0 Å². The first-order valence-electron chi connectivity index (χ1n) is 8.98. The van der Waals surface area contributed by atoms with Crippen molar-refractivity contribution in [3.05, 3.63) is 48.5 Å². The molecule has 0 spiro atoms. The fourth-order valence-electron chi connectivity index (χ4n) is 4.53. The molecule has 2 radical (unpaired) electrons. The highest BCUT2D eigenvalue weighted by molar-refractivity contribution is 6.06. The quantitative estimate of drug-likeness (QED) is 0.540. The van der Waals surface area contributed by atoms with Crippen LogP contribution in [0.1, 0.15) is 45.1 Å². The number of hydrogen-bond acceptors (Lipinski definition) is 2. The molecule has 2 heteroatoms. The average Bonchev–Trinajstić information content (AvgIpc) is 2.92. The Hall–Kier alpha value is -1.96. The van der Waals surface area contributed by atoms with E-state index in [-0.39, 0.29) is 11.0 Å². The molecule has 3 aromatic rings. The predicted molar refractivity (Wildman–Crippen MR) is 99.2 cm³/mol. The zero-order valence-electron chi connectivity index (χ0n) is 14.6. The van der Waals surface area contributed by atoms with E-state index in [1.165, 1.54) is 47.7 Å². The van der Waals surface area contributed by atoms with Gasteiger partial charge in [0.15, 0.2) is 0 Å². The molecule has 6 rings (SSSR count). The van der Waals surface area contributed by atoms with Gasteiger partial charge < -0.3 is 9.32 Å². The molecule has 3 fully saturated rings. The van der Waals surface area contributed by atoms with Crippen molar-refractivity contribution in [3.63, 3.8) is 0 Å². The highest BCUT2D eigenvalue weighted by Gasteiger charge is 2.49. The van der Waals surface area contributed by atoms with Gasteiger partial charge >= 0.3 is 0 Å². The van der Waals surface area contributed by atoms with E-state index in [1.54, 1.807) is 0 Å². The van der Waals surface area contributed by atoms with Gasteiger partial charge in [-0.05, 0) is 68.7 Å². The minimum absolute atomic E-state index is 0.204. The molecule has 3 aliphatic rings. The number of furan rings is 1. The molecule has 2 aliphatic heterocycles. The summed E-state index contributed by atoms with van der Waals surface area (Å²) in [7, 11) is 0. The van der Waals surface area contributed by atoms with Gasteiger partial charge in [-0.1, -0.05) is 25.1 Å². The molecule has 0 unspecified atom stereocenters. The molecule has 1 aliphatic carbocycles. The number of rotatable bonds is 1. The van der Waals surface area contributed by atoms with E-state index in [2.05, 4.69) is 56.5 Å². The molecule has 0 N–H and O–H groups in total. The van der Waals surface area contributed by atoms with E-state index in [9.17, 15) is 0 Å². The van der Waals surface area contributed by atoms with Gasteiger partial charge in [-0.2, -0.15) is 0 Å². The van der Waals surface area contributed by atoms with Gasteiger partial charge in [-0.25, -0.2) is 0 Å². The van der Waals surface area contributed by atoms with Crippen LogP contribution in [0.3, 0.4) is 0 Å². The van der Waals surface area contributed by atoms with E-state index in [0.29, 0.717) is 0 Å². The summed E-state index contributed by atoms with van der Waals surface area (Å²) in [6, 6.07) is 12.8. The Labute approximate surface area is 143 Å². The van der Waals surface area contributed by atoms with Crippen molar-refractivity contribution >= 4 is 27.6 Å². The van der Waals surface area contributed by atoms with Gasteiger partial charge in [0.1, 0.15) is 11.2 Å². The van der Waals surface area contributed by atoms with Crippen LogP contribution in [0.2, 0.25) is 0 Å². The standard InChI is InChI=1S/C22H23NO/c1-15-12-20-17(16-6-4-5-7-19(16)24-20)13-18(15)23-14-21(2)8-10-22(23,3)11-9-21/h4-7,12-13H,8-11H2,1-3H3. The van der Waals surface area contributed by atoms with Gasteiger partial charge in [-0.15, -0.1) is 0 Å². The second-order valence-electron chi connectivity index (χ2n) is 8.24. The first-order valence-corrected chi connectivity index (χ1v) is 8.98. The Bertz CT molecular complexity index is 943. The molecule has 2 bridgehead atoms. The van der Waals surface area contributed by atoms with E-state index >= 15 is 0 Å². The monoisotopic (exact) mass is 317 g/mol. The molecule has 0 amide bonds. The number of aryl methyl sites for hydroxylation is 1. The summed E-state index contributed by atoms with van der Waals surface area (Å²) in [4.78, 5) is 2.45. The molecule has 2 saturated heterocycles. The summed E-state index contributed by atoms with van der Waals surface area (Å²) in [6.45, 7) is 10.8. The summed E-state index contributed by atoms with van der Waals surface area (Å²) in [5, 5.41) is 2.41. The summed E-state index contributed by atoms with van der Waals surface area (Å²) in [5.74, 6) is 0. The zero-order chi connectivity index (χ0) is 16.5. The van der Waals surface area contributed by atoms with Crippen LogP contribution in [0.15, 0.2) is 40.8 Å². The summed E-state index contributed by atoms with van der Waals surface area (Å²) < 4.78 is 6.04. The van der Waals surface area contributed by atoms with Gasteiger partial charge in [0.25, 0.3) is 0 Å². The topological polar surface area (TPSA) is 16.4 Å². The van der Waals surface area contributed by atoms with Crippen LogP contribution < -0.4 is 4.90 Å². The normalized spacial score (nSPS) is 29.7. The van der Waals surface area contributed by atoms with Crippen molar-refractivity contribution in [2.75, 3.05) is 4.90 Å². The van der Waals surface area contributed by atoms with Gasteiger partial charge in [0.2, 0.25) is 0 Å². The van der Waals surface area contributed by atoms with Gasteiger partial charge in [0.05, 0.1) is 6.54 Å². The van der Waals surface area contributed by atoms with Crippen molar-refractivity contribution in [2.24, 2.45) is 5.41 Å². The molecule has 1 aromatic heterocycles. The first-order chi connectivity index (χ1) is 11.5. The van der Waals surface area contributed by atoms with Crippen LogP contribution in [0.25, 0.3) is 21.9 Å². The number of nitrogens with zero attached hydrogens (tertiary/aromatic N) is 1. The minimum atomic E-state index is 0.204. The van der Waals surface area contributed by atoms with E-state index in [4.69, 9.17) is 4.42 Å². The number of para-hydroxylation sites is 1. The second kappa shape index (κ2) is 4.56. The van der Waals surface area contributed by atoms with Crippen LogP contribution in [-0.4, -0.2) is 5.54 Å². The predicted octanol–water partition coefficient (Wildman–Crippen LogP) is 6.09. The number of piperidine rings is 2. The summed E-state index contributed by atoms with van der Waals surface area (Å²) in [5.41, 5.74) is 4.95. The van der Waals surface area contributed by atoms with Crippen molar-refractivity contribution < 1.29 is 4.42 Å². The second-order valence-corrected chi connectivity index (χ2v) is 8.24. The average molecular weight is 317 g/mol. The molecular weight excluding hydrogens is 294 g/mol. The Morgan fingerprint density at radius 1 is 0.958 bits per heavy atom. The lowest BCUT2D eigenvalue weighted by molar-refractivity contribution is 0.126. The third-order valence-corrected chi connectivity index (χ3v) is 6.29. The Balaban J connectivity index is 1.72. The zero-order valence-corrected chi connectivity index (χ0v) is 14.6. The van der Waals surface area contributed by atoms with E-state index in [1.807, 2.05) is 12.1 Å². The Morgan fingerprint density at radius 3 is 2.50 bits per heavy atom. The number of fused-ring (bicyclic) bond motifs is 6. The summed E-state index contributed by atoms with van der Waals surface area (Å²) >= 11 is 0. The van der Waals surface area contributed by atoms with E-state index < -0.39 is 0 Å². The fourth-order valence-corrected chi connectivity index (χ4v) is 4.53. The van der Waals surface area contributed by atoms with Gasteiger partial charge in [0, 0.05) is 22.0 Å². The molecule has 2 aromatic carbocycles.